The number of amides is 1. The van der Waals surface area contributed by atoms with Crippen molar-refractivity contribution in [2.45, 2.75) is 6.18 Å². The van der Waals surface area contributed by atoms with E-state index in [1.54, 1.807) is 0 Å². The third-order valence-electron chi connectivity index (χ3n) is 2.68. The smallest absolute Gasteiger partial charge is 0.416 e. The first-order valence-corrected chi connectivity index (χ1v) is 7.83. The molecule has 0 aliphatic rings. The predicted molar refractivity (Wildman–Crippen MR) is 84.7 cm³/mol. The highest BCUT2D eigenvalue weighted by molar-refractivity contribution is 7.17. The van der Waals surface area contributed by atoms with Crippen LogP contribution < -0.4 is 5.32 Å². The number of esters is 1. The van der Waals surface area contributed by atoms with Gasteiger partial charge in [-0.2, -0.15) is 13.2 Å². The number of halogens is 5. The number of hydrogen-bond donors (Lipinski definition) is 1. The number of ether oxygens (including phenoxy) is 1. The summed E-state index contributed by atoms with van der Waals surface area (Å²) >= 11 is 12.4. The van der Waals surface area contributed by atoms with Crippen LogP contribution in [0.2, 0.25) is 9.36 Å². The minimum absolute atomic E-state index is 0.0762. The number of benzene rings is 1. The molecule has 0 saturated heterocycles. The van der Waals surface area contributed by atoms with Crippen LogP contribution >= 0.6 is 34.5 Å². The van der Waals surface area contributed by atoms with Crippen LogP contribution in [0.1, 0.15) is 15.2 Å². The number of hydrogen-bond acceptors (Lipinski definition) is 4. The molecule has 24 heavy (non-hydrogen) atoms. The molecule has 2 aromatic rings. The first kappa shape index (κ1) is 18.6. The maximum Gasteiger partial charge on any atom is 0.416 e. The van der Waals surface area contributed by atoms with Gasteiger partial charge in [-0.05, 0) is 30.3 Å². The van der Waals surface area contributed by atoms with E-state index in [0.717, 1.165) is 23.5 Å². The summed E-state index contributed by atoms with van der Waals surface area (Å²) in [6.45, 7) is -0.680. The molecule has 0 aliphatic heterocycles. The van der Waals surface area contributed by atoms with Crippen LogP contribution in [0.4, 0.5) is 18.9 Å². The van der Waals surface area contributed by atoms with Crippen molar-refractivity contribution in [3.8, 4) is 0 Å². The van der Waals surface area contributed by atoms with Gasteiger partial charge >= 0.3 is 12.1 Å². The molecule has 0 unspecified atom stereocenters. The Bertz CT molecular complexity index is 777. The summed E-state index contributed by atoms with van der Waals surface area (Å²) in [5.41, 5.74) is -1.20. The van der Waals surface area contributed by atoms with E-state index in [1.807, 2.05) is 0 Å². The van der Waals surface area contributed by atoms with E-state index in [1.165, 1.54) is 12.1 Å². The third kappa shape index (κ3) is 4.86. The Morgan fingerprint density at radius 3 is 2.46 bits per heavy atom. The Morgan fingerprint density at radius 1 is 1.17 bits per heavy atom. The van der Waals surface area contributed by atoms with Crippen molar-refractivity contribution in [3.05, 3.63) is 50.1 Å². The zero-order chi connectivity index (χ0) is 17.9. The van der Waals surface area contributed by atoms with Crippen LogP contribution in [-0.4, -0.2) is 18.5 Å². The van der Waals surface area contributed by atoms with Crippen molar-refractivity contribution in [2.75, 3.05) is 11.9 Å². The minimum atomic E-state index is -4.57. The second-order valence-electron chi connectivity index (χ2n) is 4.42. The molecular weight excluding hydrogens is 390 g/mol. The van der Waals surface area contributed by atoms with Crippen LogP contribution in [0.25, 0.3) is 0 Å². The molecule has 4 nitrogen and oxygen atoms in total. The van der Waals surface area contributed by atoms with E-state index in [9.17, 15) is 22.8 Å². The quantitative estimate of drug-likeness (QED) is 0.748. The van der Waals surface area contributed by atoms with Crippen LogP contribution in [0.5, 0.6) is 0 Å². The number of alkyl halides is 3. The van der Waals surface area contributed by atoms with Gasteiger partial charge in [0.1, 0.15) is 4.88 Å². The molecule has 0 aliphatic carbocycles. The molecule has 1 amide bonds. The van der Waals surface area contributed by atoms with Crippen molar-refractivity contribution >= 4 is 52.1 Å². The molecule has 2 rings (SSSR count). The lowest BCUT2D eigenvalue weighted by atomic mass is 10.2. The van der Waals surface area contributed by atoms with Gasteiger partial charge in [0.25, 0.3) is 5.91 Å². The Hall–Kier alpha value is -1.77. The number of carbonyl (C=O) groups excluding carboxylic acids is 2. The van der Waals surface area contributed by atoms with Gasteiger partial charge in [0.05, 0.1) is 20.6 Å². The minimum Gasteiger partial charge on any atom is -0.451 e. The van der Waals surface area contributed by atoms with Crippen molar-refractivity contribution in [1.82, 2.24) is 0 Å². The normalized spacial score (nSPS) is 11.2. The molecule has 1 aromatic heterocycles. The second-order valence-corrected chi connectivity index (χ2v) is 6.54. The van der Waals surface area contributed by atoms with E-state index < -0.39 is 30.2 Å². The maximum atomic E-state index is 12.6. The highest BCUT2D eigenvalue weighted by Gasteiger charge is 2.31. The number of nitrogens with one attached hydrogen (secondary N) is 1. The van der Waals surface area contributed by atoms with Gasteiger partial charge in [0.15, 0.2) is 6.61 Å². The Morgan fingerprint density at radius 2 is 1.88 bits per heavy atom. The van der Waals surface area contributed by atoms with E-state index in [-0.39, 0.29) is 15.6 Å². The van der Waals surface area contributed by atoms with Crippen molar-refractivity contribution in [1.29, 1.82) is 0 Å². The summed E-state index contributed by atoms with van der Waals surface area (Å²) < 4.78 is 43.1. The van der Waals surface area contributed by atoms with Crippen LogP contribution in [0, 0.1) is 0 Å². The molecular formula is C14H8Cl2F3NO3S. The number of thiophene rings is 1. The van der Waals surface area contributed by atoms with Gasteiger partial charge in [-0.3, -0.25) is 4.79 Å². The summed E-state index contributed by atoms with van der Waals surface area (Å²) in [6.07, 6.45) is -4.57. The third-order valence-corrected chi connectivity index (χ3v) is 4.22. The summed E-state index contributed by atoms with van der Waals surface area (Å²) in [6, 6.07) is 5.42. The van der Waals surface area contributed by atoms with Crippen LogP contribution in [0.3, 0.4) is 0 Å². The fourth-order valence-corrected chi connectivity index (χ4v) is 2.71. The summed E-state index contributed by atoms with van der Waals surface area (Å²) in [4.78, 5) is 23.6. The lowest BCUT2D eigenvalue weighted by molar-refractivity contribution is -0.137. The maximum absolute atomic E-state index is 12.6. The topological polar surface area (TPSA) is 55.4 Å². The molecule has 0 atom stereocenters. The zero-order valence-corrected chi connectivity index (χ0v) is 13.9. The van der Waals surface area contributed by atoms with Crippen LogP contribution in [0.15, 0.2) is 30.3 Å². The molecule has 0 saturated carbocycles. The zero-order valence-electron chi connectivity index (χ0n) is 11.6. The number of anilines is 1. The predicted octanol–water partition coefficient (Wildman–Crippen LogP) is 4.87. The summed E-state index contributed by atoms with van der Waals surface area (Å²) in [5.74, 6) is -1.59. The molecule has 0 bridgehead atoms. The average molecular weight is 398 g/mol. The Labute approximate surface area is 148 Å². The molecule has 10 heteroatoms. The lowest BCUT2D eigenvalue weighted by Crippen LogP contribution is -2.21. The standard InChI is InChI=1S/C14H8Cl2F3NO3S/c15-8-2-1-7(14(17,18)19)5-9(8)20-12(21)6-23-13(22)10-3-4-11(16)24-10/h1-5H,6H2,(H,20,21). The highest BCUT2D eigenvalue weighted by Crippen LogP contribution is 2.33. The average Bonchev–Trinajstić information content (AvgIpc) is 2.92. The van der Waals surface area contributed by atoms with Crippen molar-refractivity contribution in [2.24, 2.45) is 0 Å². The number of carbonyl (C=O) groups is 2. The summed E-state index contributed by atoms with van der Waals surface area (Å²) in [5, 5.41) is 2.09. The monoisotopic (exact) mass is 397 g/mol. The highest BCUT2D eigenvalue weighted by atomic mass is 35.5. The molecule has 0 radical (unpaired) electrons. The van der Waals surface area contributed by atoms with E-state index >= 15 is 0 Å². The molecule has 1 aromatic carbocycles. The first-order chi connectivity index (χ1) is 11.2. The van der Waals surface area contributed by atoms with Crippen molar-refractivity contribution < 1.29 is 27.5 Å². The van der Waals surface area contributed by atoms with Gasteiger partial charge in [-0.1, -0.05) is 23.2 Å². The Balaban J connectivity index is 1.98. The van der Waals surface area contributed by atoms with Gasteiger partial charge < -0.3 is 10.1 Å². The SMILES string of the molecule is O=C(COC(=O)c1ccc(Cl)s1)Nc1cc(C(F)(F)F)ccc1Cl. The molecule has 1 heterocycles. The van der Waals surface area contributed by atoms with Crippen molar-refractivity contribution in [3.63, 3.8) is 0 Å². The van der Waals surface area contributed by atoms with Gasteiger partial charge in [0, 0.05) is 0 Å². The van der Waals surface area contributed by atoms with E-state index in [2.05, 4.69) is 5.32 Å². The van der Waals surface area contributed by atoms with Gasteiger partial charge in [-0.15, -0.1) is 11.3 Å². The first-order valence-electron chi connectivity index (χ1n) is 6.26. The fraction of sp³-hybridized carbons (Fsp3) is 0.143. The molecule has 0 spiro atoms. The largest absolute Gasteiger partial charge is 0.451 e. The number of rotatable bonds is 4. The van der Waals surface area contributed by atoms with Crippen LogP contribution in [-0.2, 0) is 15.7 Å². The molecule has 0 fully saturated rings. The lowest BCUT2D eigenvalue weighted by Gasteiger charge is -2.11. The fourth-order valence-electron chi connectivity index (χ4n) is 1.61. The molecule has 128 valence electrons. The molecule has 1 N–H and O–H groups in total. The van der Waals surface area contributed by atoms with E-state index in [4.69, 9.17) is 27.9 Å². The summed E-state index contributed by atoms with van der Waals surface area (Å²) in [7, 11) is 0. The second kappa shape index (κ2) is 7.42. The Kier molecular flexibility index (Phi) is 5.74. The van der Waals surface area contributed by atoms with E-state index in [0.29, 0.717) is 10.4 Å². The van der Waals surface area contributed by atoms with Gasteiger partial charge in [0.2, 0.25) is 0 Å². The van der Waals surface area contributed by atoms with Gasteiger partial charge in [-0.25, -0.2) is 4.79 Å².